The van der Waals surface area contributed by atoms with E-state index < -0.39 is 21.6 Å². The van der Waals surface area contributed by atoms with Gasteiger partial charge in [-0.3, -0.25) is 9.59 Å². The largest absolute Gasteiger partial charge is 0.348 e. The zero-order valence-electron chi connectivity index (χ0n) is 15.5. The average molecular weight is 374 g/mol. The number of carbonyl (C=O) groups excluding carboxylic acids is 2. The number of nitrogens with zero attached hydrogens (tertiary/aromatic N) is 1. The summed E-state index contributed by atoms with van der Waals surface area (Å²) in [7, 11) is -3.44. The van der Waals surface area contributed by atoms with Crippen molar-refractivity contribution in [2.24, 2.45) is 5.92 Å². The Morgan fingerprint density at radius 2 is 1.88 bits per heavy atom. The summed E-state index contributed by atoms with van der Waals surface area (Å²) in [4.78, 5) is 25.1. The first kappa shape index (κ1) is 20.2. The van der Waals surface area contributed by atoms with Gasteiger partial charge in [-0.2, -0.15) is 4.31 Å². The van der Waals surface area contributed by atoms with Crippen molar-refractivity contribution in [3.8, 4) is 0 Å². The van der Waals surface area contributed by atoms with Gasteiger partial charge < -0.3 is 10.6 Å². The molecule has 1 unspecified atom stereocenters. The lowest BCUT2D eigenvalue weighted by Crippen LogP contribution is -2.54. The third kappa shape index (κ3) is 4.53. The van der Waals surface area contributed by atoms with Gasteiger partial charge >= 0.3 is 0 Å². The molecule has 2 amide bonds. The molecule has 1 heterocycles. The smallest absolute Gasteiger partial charge is 0.244 e. The van der Waals surface area contributed by atoms with E-state index in [1.54, 1.807) is 6.92 Å². The van der Waals surface area contributed by atoms with Crippen LogP contribution in [0.5, 0.6) is 0 Å². The lowest BCUT2D eigenvalue weighted by Gasteiger charge is -2.32. The van der Waals surface area contributed by atoms with Crippen LogP contribution in [0.15, 0.2) is 0 Å². The highest BCUT2D eigenvalue weighted by molar-refractivity contribution is 7.89. The summed E-state index contributed by atoms with van der Waals surface area (Å²) in [5.41, 5.74) is -0.492. The van der Waals surface area contributed by atoms with E-state index in [9.17, 15) is 18.0 Å². The fourth-order valence-corrected chi connectivity index (χ4v) is 5.05. The van der Waals surface area contributed by atoms with Crippen LogP contribution in [0.25, 0.3) is 0 Å². The quantitative estimate of drug-likeness (QED) is 0.726. The summed E-state index contributed by atoms with van der Waals surface area (Å²) in [6.07, 6.45) is 4.90. The lowest BCUT2D eigenvalue weighted by molar-refractivity contribution is -0.131. The fraction of sp³-hybridized carbons (Fsp3) is 0.882. The Morgan fingerprint density at radius 1 is 1.28 bits per heavy atom. The Labute approximate surface area is 151 Å². The van der Waals surface area contributed by atoms with Gasteiger partial charge in [-0.25, -0.2) is 8.42 Å². The van der Waals surface area contributed by atoms with E-state index in [2.05, 4.69) is 10.6 Å². The first-order chi connectivity index (χ1) is 11.8. The van der Waals surface area contributed by atoms with Gasteiger partial charge in [0.15, 0.2) is 0 Å². The molecule has 2 fully saturated rings. The van der Waals surface area contributed by atoms with Crippen LogP contribution in [0.1, 0.15) is 59.3 Å². The first-order valence-corrected chi connectivity index (χ1v) is 11.0. The van der Waals surface area contributed by atoms with Crippen molar-refractivity contribution in [3.63, 3.8) is 0 Å². The number of sulfonamides is 1. The van der Waals surface area contributed by atoms with Gasteiger partial charge in [-0.1, -0.05) is 26.7 Å². The molecule has 2 rings (SSSR count). The summed E-state index contributed by atoms with van der Waals surface area (Å²) in [5.74, 6) is -0.617. The zero-order valence-corrected chi connectivity index (χ0v) is 16.3. The Morgan fingerprint density at radius 3 is 2.40 bits per heavy atom. The van der Waals surface area contributed by atoms with Gasteiger partial charge in [0.1, 0.15) is 6.04 Å². The van der Waals surface area contributed by atoms with Gasteiger partial charge in [-0.15, -0.1) is 0 Å². The number of amides is 2. The molecule has 1 aliphatic carbocycles. The van der Waals surface area contributed by atoms with Crippen LogP contribution in [-0.4, -0.2) is 55.0 Å². The molecule has 1 saturated heterocycles. The summed E-state index contributed by atoms with van der Waals surface area (Å²) < 4.78 is 26.4. The van der Waals surface area contributed by atoms with Crippen molar-refractivity contribution in [1.82, 2.24) is 14.9 Å². The molecule has 0 aromatic heterocycles. The number of carbonyl (C=O) groups is 2. The molecule has 1 saturated carbocycles. The predicted octanol–water partition coefficient (Wildman–Crippen LogP) is 1.00. The van der Waals surface area contributed by atoms with Crippen LogP contribution in [0, 0.1) is 5.92 Å². The van der Waals surface area contributed by atoms with Crippen LogP contribution in [-0.2, 0) is 19.6 Å². The molecular formula is C17H31N3O4S. The maximum Gasteiger partial charge on any atom is 0.244 e. The van der Waals surface area contributed by atoms with Crippen molar-refractivity contribution in [2.75, 3.05) is 18.8 Å². The Kier molecular flexibility index (Phi) is 6.48. The van der Waals surface area contributed by atoms with Crippen LogP contribution in [0.3, 0.4) is 0 Å². The minimum atomic E-state index is -3.44. The van der Waals surface area contributed by atoms with Crippen molar-refractivity contribution < 1.29 is 18.0 Å². The number of nitrogens with one attached hydrogen (secondary N) is 2. The van der Waals surface area contributed by atoms with Crippen molar-refractivity contribution in [1.29, 1.82) is 0 Å². The Bertz CT molecular complexity index is 595. The standard InChI is InChI=1S/C17H31N3O4S/c1-4-13(5-2)15(21)18-14-11-20(25(23,24)6-3)12-17(19-16(14)22)9-7-8-10-17/h13-14H,4-12H2,1-3H3,(H,18,21)(H,19,22). The number of rotatable bonds is 6. The average Bonchev–Trinajstić information content (AvgIpc) is 2.96. The second-order valence-corrected chi connectivity index (χ2v) is 9.50. The molecule has 1 aliphatic heterocycles. The van der Waals surface area contributed by atoms with E-state index in [0.29, 0.717) is 19.4 Å². The number of hydrogen-bond acceptors (Lipinski definition) is 4. The van der Waals surface area contributed by atoms with Gasteiger partial charge in [0.05, 0.1) is 11.3 Å². The second-order valence-electron chi connectivity index (χ2n) is 7.24. The maximum absolute atomic E-state index is 12.7. The predicted molar refractivity (Wildman–Crippen MR) is 96.4 cm³/mol. The lowest BCUT2D eigenvalue weighted by atomic mass is 9.98. The van der Waals surface area contributed by atoms with Crippen LogP contribution < -0.4 is 10.6 Å². The van der Waals surface area contributed by atoms with Crippen LogP contribution >= 0.6 is 0 Å². The maximum atomic E-state index is 12.7. The monoisotopic (exact) mass is 373 g/mol. The molecule has 0 aromatic carbocycles. The van der Waals surface area contributed by atoms with Crippen molar-refractivity contribution in [2.45, 2.75) is 70.9 Å². The van der Waals surface area contributed by atoms with Crippen molar-refractivity contribution in [3.05, 3.63) is 0 Å². The zero-order chi connectivity index (χ0) is 18.7. The number of hydrogen-bond donors (Lipinski definition) is 2. The molecular weight excluding hydrogens is 342 g/mol. The third-order valence-electron chi connectivity index (χ3n) is 5.56. The summed E-state index contributed by atoms with van der Waals surface area (Å²) in [6, 6.07) is -0.839. The SMILES string of the molecule is CCC(CC)C(=O)NC1CN(S(=O)(=O)CC)CC2(CCCC2)NC1=O. The molecule has 0 radical (unpaired) electrons. The molecule has 8 heteroatoms. The minimum absolute atomic E-state index is 0.00944. The fourth-order valence-electron chi connectivity index (χ4n) is 3.87. The molecule has 2 aliphatic rings. The summed E-state index contributed by atoms with van der Waals surface area (Å²) in [6.45, 7) is 5.78. The molecule has 144 valence electrons. The van der Waals surface area contributed by atoms with E-state index in [4.69, 9.17) is 0 Å². The van der Waals surface area contributed by atoms with Gasteiger partial charge in [0, 0.05) is 19.0 Å². The molecule has 2 N–H and O–H groups in total. The summed E-state index contributed by atoms with van der Waals surface area (Å²) in [5, 5.41) is 5.84. The highest BCUT2D eigenvalue weighted by Crippen LogP contribution is 2.32. The molecule has 1 atom stereocenters. The topological polar surface area (TPSA) is 95.6 Å². The van der Waals surface area contributed by atoms with Crippen molar-refractivity contribution >= 4 is 21.8 Å². The van der Waals surface area contributed by atoms with E-state index in [0.717, 1.165) is 25.7 Å². The van der Waals surface area contributed by atoms with Crippen LogP contribution in [0.2, 0.25) is 0 Å². The highest BCUT2D eigenvalue weighted by Gasteiger charge is 2.45. The third-order valence-corrected chi connectivity index (χ3v) is 7.36. The van der Waals surface area contributed by atoms with E-state index in [1.165, 1.54) is 4.31 Å². The highest BCUT2D eigenvalue weighted by atomic mass is 32.2. The van der Waals surface area contributed by atoms with Gasteiger partial charge in [-0.05, 0) is 32.6 Å². The molecule has 7 nitrogen and oxygen atoms in total. The van der Waals surface area contributed by atoms with Gasteiger partial charge in [0.25, 0.3) is 0 Å². The minimum Gasteiger partial charge on any atom is -0.348 e. The molecule has 1 spiro atoms. The van der Waals surface area contributed by atoms with Crippen LogP contribution in [0.4, 0.5) is 0 Å². The summed E-state index contributed by atoms with van der Waals surface area (Å²) >= 11 is 0. The second kappa shape index (κ2) is 8.03. The van der Waals surface area contributed by atoms with Gasteiger partial charge in [0.2, 0.25) is 21.8 Å². The normalized spacial score (nSPS) is 24.3. The molecule has 25 heavy (non-hydrogen) atoms. The van der Waals surface area contributed by atoms with E-state index in [1.807, 2.05) is 13.8 Å². The molecule has 0 aromatic rings. The first-order valence-electron chi connectivity index (χ1n) is 9.37. The van der Waals surface area contributed by atoms with E-state index in [-0.39, 0.29) is 30.0 Å². The molecule has 0 bridgehead atoms. The van der Waals surface area contributed by atoms with E-state index >= 15 is 0 Å². The Hall–Kier alpha value is -1.15. The Balaban J connectivity index is 2.25.